The summed E-state index contributed by atoms with van der Waals surface area (Å²) in [4.78, 5) is 4.74. The summed E-state index contributed by atoms with van der Waals surface area (Å²) in [6.07, 6.45) is 2.33. The van der Waals surface area contributed by atoms with Crippen LogP contribution in [0.4, 0.5) is 0 Å². The van der Waals surface area contributed by atoms with Gasteiger partial charge in [-0.15, -0.1) is 11.3 Å². The Morgan fingerprint density at radius 2 is 2.00 bits per heavy atom. The fraction of sp³-hybridized carbons (Fsp3) is 0.562. The maximum Gasteiger partial charge on any atom is 0.111 e. The summed E-state index contributed by atoms with van der Waals surface area (Å²) in [5, 5.41) is 4.90. The summed E-state index contributed by atoms with van der Waals surface area (Å²) < 4.78 is 6.71. The van der Waals surface area contributed by atoms with Crippen LogP contribution in [0.5, 0.6) is 0 Å². The molecule has 0 radical (unpaired) electrons. The monoisotopic (exact) mass is 290 g/mol. The van der Waals surface area contributed by atoms with Gasteiger partial charge in [0.2, 0.25) is 0 Å². The van der Waals surface area contributed by atoms with E-state index in [1.807, 2.05) is 0 Å². The lowest BCUT2D eigenvalue weighted by Gasteiger charge is -2.30. The van der Waals surface area contributed by atoms with Gasteiger partial charge in [0.05, 0.1) is 16.3 Å². The van der Waals surface area contributed by atoms with Gasteiger partial charge in [-0.1, -0.05) is 12.1 Å². The fourth-order valence-electron chi connectivity index (χ4n) is 2.89. The van der Waals surface area contributed by atoms with Crippen molar-refractivity contribution < 1.29 is 4.74 Å². The van der Waals surface area contributed by atoms with E-state index in [9.17, 15) is 0 Å². The van der Waals surface area contributed by atoms with Gasteiger partial charge in [-0.2, -0.15) is 0 Å². The highest BCUT2D eigenvalue weighted by molar-refractivity contribution is 7.18. The number of aromatic nitrogens is 1. The summed E-state index contributed by atoms with van der Waals surface area (Å²) in [7, 11) is 0. The maximum absolute atomic E-state index is 5.44. The minimum atomic E-state index is 0.310. The largest absolute Gasteiger partial charge is 0.381 e. The van der Waals surface area contributed by atoms with Crippen LogP contribution in [0.2, 0.25) is 0 Å². The van der Waals surface area contributed by atoms with E-state index in [0.717, 1.165) is 24.6 Å². The number of hydrogen-bond donors (Lipinski definition) is 1. The number of para-hydroxylation sites is 1. The van der Waals surface area contributed by atoms with Crippen LogP contribution < -0.4 is 5.32 Å². The zero-order valence-corrected chi connectivity index (χ0v) is 13.0. The Morgan fingerprint density at radius 1 is 1.25 bits per heavy atom. The van der Waals surface area contributed by atoms with Gasteiger partial charge in [0, 0.05) is 19.3 Å². The Labute approximate surface area is 124 Å². The van der Waals surface area contributed by atoms with E-state index < -0.39 is 0 Å². The average Bonchev–Trinajstić information content (AvgIpc) is 2.92. The molecule has 4 heteroatoms. The molecule has 0 amide bonds. The third-order valence-electron chi connectivity index (χ3n) is 4.17. The number of nitrogens with zero attached hydrogens (tertiary/aromatic N) is 1. The lowest BCUT2D eigenvalue weighted by atomic mass is 9.92. The fourth-order valence-corrected chi connectivity index (χ4v) is 3.87. The highest BCUT2D eigenvalue weighted by Gasteiger charge is 2.22. The van der Waals surface area contributed by atoms with Crippen molar-refractivity contribution in [3.63, 3.8) is 0 Å². The van der Waals surface area contributed by atoms with Gasteiger partial charge >= 0.3 is 0 Å². The minimum absolute atomic E-state index is 0.310. The maximum atomic E-state index is 5.44. The van der Waals surface area contributed by atoms with Crippen LogP contribution in [-0.4, -0.2) is 24.2 Å². The number of ether oxygens (including phenoxy) is 1. The molecule has 108 valence electrons. The van der Waals surface area contributed by atoms with E-state index in [1.165, 1.54) is 22.5 Å². The summed E-state index contributed by atoms with van der Waals surface area (Å²) in [5.74, 6) is 0.723. The van der Waals surface area contributed by atoms with Crippen molar-refractivity contribution in [3.05, 3.63) is 29.3 Å². The van der Waals surface area contributed by atoms with Gasteiger partial charge in [-0.25, -0.2) is 4.98 Å². The Kier molecular flexibility index (Phi) is 4.34. The number of nitrogens with one attached hydrogen (secondary N) is 1. The molecule has 20 heavy (non-hydrogen) atoms. The highest BCUT2D eigenvalue weighted by atomic mass is 32.1. The van der Waals surface area contributed by atoms with Crippen molar-refractivity contribution in [3.8, 4) is 0 Å². The van der Waals surface area contributed by atoms with E-state index in [4.69, 9.17) is 9.72 Å². The third-order valence-corrected chi connectivity index (χ3v) is 5.39. The predicted octanol–water partition coefficient (Wildman–Crippen LogP) is 3.76. The molecule has 3 rings (SSSR count). The molecule has 1 aliphatic rings. The Balaban J connectivity index is 1.67. The predicted molar refractivity (Wildman–Crippen MR) is 84.2 cm³/mol. The second kappa shape index (κ2) is 6.20. The van der Waals surface area contributed by atoms with E-state index in [-0.39, 0.29) is 0 Å². The first-order valence-electron chi connectivity index (χ1n) is 7.43. The first-order chi connectivity index (χ1) is 9.74. The van der Waals surface area contributed by atoms with Gasteiger partial charge < -0.3 is 10.1 Å². The van der Waals surface area contributed by atoms with E-state index in [1.54, 1.807) is 11.3 Å². The second-order valence-electron chi connectivity index (χ2n) is 5.65. The van der Waals surface area contributed by atoms with Crippen molar-refractivity contribution in [2.75, 3.05) is 13.2 Å². The number of thiazole rings is 1. The molecule has 1 aliphatic heterocycles. The average molecular weight is 290 g/mol. The summed E-state index contributed by atoms with van der Waals surface area (Å²) in [6, 6.07) is 9.18. The zero-order chi connectivity index (χ0) is 13.9. The topological polar surface area (TPSA) is 34.1 Å². The van der Waals surface area contributed by atoms with Gasteiger partial charge in [0.25, 0.3) is 0 Å². The van der Waals surface area contributed by atoms with Gasteiger partial charge in [-0.05, 0) is 44.7 Å². The lowest BCUT2D eigenvalue weighted by molar-refractivity contribution is 0.0547. The van der Waals surface area contributed by atoms with Crippen molar-refractivity contribution in [2.45, 2.75) is 38.8 Å². The molecule has 2 aromatic rings. The molecule has 2 atom stereocenters. The second-order valence-corrected chi connectivity index (χ2v) is 6.71. The normalized spacial score (nSPS) is 20.1. The van der Waals surface area contributed by atoms with Gasteiger partial charge in [-0.3, -0.25) is 0 Å². The lowest BCUT2D eigenvalue weighted by Crippen LogP contribution is -2.38. The zero-order valence-electron chi connectivity index (χ0n) is 12.1. The molecular formula is C16H22N2OS. The van der Waals surface area contributed by atoms with Gasteiger partial charge in [0.15, 0.2) is 0 Å². The van der Waals surface area contributed by atoms with Crippen molar-refractivity contribution >= 4 is 21.6 Å². The molecule has 1 fully saturated rings. The van der Waals surface area contributed by atoms with Crippen LogP contribution >= 0.6 is 11.3 Å². The van der Waals surface area contributed by atoms with Crippen LogP contribution in [0.1, 0.15) is 37.7 Å². The molecule has 3 nitrogen and oxygen atoms in total. The molecule has 1 aromatic carbocycles. The molecule has 0 aliphatic carbocycles. The van der Waals surface area contributed by atoms with E-state index >= 15 is 0 Å². The number of benzene rings is 1. The van der Waals surface area contributed by atoms with Crippen molar-refractivity contribution in [1.29, 1.82) is 0 Å². The van der Waals surface area contributed by atoms with Crippen LogP contribution in [0.3, 0.4) is 0 Å². The molecule has 0 saturated carbocycles. The van der Waals surface area contributed by atoms with Crippen LogP contribution in [0.25, 0.3) is 10.2 Å². The molecule has 1 aromatic heterocycles. The Hall–Kier alpha value is -0.970. The van der Waals surface area contributed by atoms with E-state index in [2.05, 4.69) is 43.4 Å². The number of rotatable bonds is 4. The summed E-state index contributed by atoms with van der Waals surface area (Å²) >= 11 is 1.80. The number of fused-ring (bicyclic) bond motifs is 1. The van der Waals surface area contributed by atoms with Crippen molar-refractivity contribution in [2.24, 2.45) is 5.92 Å². The summed E-state index contributed by atoms with van der Waals surface area (Å²) in [5.41, 5.74) is 1.11. The Bertz CT molecular complexity index is 529. The molecule has 2 heterocycles. The molecule has 1 N–H and O–H groups in total. The van der Waals surface area contributed by atoms with Gasteiger partial charge in [0.1, 0.15) is 5.01 Å². The quantitative estimate of drug-likeness (QED) is 0.931. The first-order valence-corrected chi connectivity index (χ1v) is 8.25. The molecule has 1 saturated heterocycles. The molecular weight excluding hydrogens is 268 g/mol. The smallest absolute Gasteiger partial charge is 0.111 e. The van der Waals surface area contributed by atoms with Crippen LogP contribution in [-0.2, 0) is 4.74 Å². The first kappa shape index (κ1) is 14.0. The highest BCUT2D eigenvalue weighted by Crippen LogP contribution is 2.27. The van der Waals surface area contributed by atoms with Crippen LogP contribution in [0, 0.1) is 5.92 Å². The Morgan fingerprint density at radius 3 is 2.75 bits per heavy atom. The van der Waals surface area contributed by atoms with Crippen LogP contribution in [0.15, 0.2) is 24.3 Å². The number of hydrogen-bond acceptors (Lipinski definition) is 4. The molecule has 0 spiro atoms. The van der Waals surface area contributed by atoms with E-state index in [0.29, 0.717) is 12.1 Å². The minimum Gasteiger partial charge on any atom is -0.381 e. The molecule has 2 unspecified atom stereocenters. The SMILES string of the molecule is CC(NC(C)C1CCOCC1)c1nc2ccccc2s1. The standard InChI is InChI=1S/C16H22N2OS/c1-11(13-7-9-19-10-8-13)17-12(2)16-18-14-5-3-4-6-15(14)20-16/h3-6,11-13,17H,7-10H2,1-2H3. The van der Waals surface area contributed by atoms with Crippen molar-refractivity contribution in [1.82, 2.24) is 10.3 Å². The third kappa shape index (κ3) is 3.03. The summed E-state index contributed by atoms with van der Waals surface area (Å²) in [6.45, 7) is 6.33. The molecule has 0 bridgehead atoms.